The molecule has 1 fully saturated rings. The Bertz CT molecular complexity index is 771. The number of hydrogen-bond acceptors (Lipinski definition) is 4. The van der Waals surface area contributed by atoms with Gasteiger partial charge in [0, 0.05) is 37.0 Å². The van der Waals surface area contributed by atoms with Crippen LogP contribution in [0.2, 0.25) is 0 Å². The van der Waals surface area contributed by atoms with E-state index in [1.165, 1.54) is 11.1 Å². The van der Waals surface area contributed by atoms with Crippen molar-refractivity contribution in [3.05, 3.63) is 60.0 Å². The molecule has 1 aliphatic rings. The molecule has 2 N–H and O–H groups in total. The van der Waals surface area contributed by atoms with Gasteiger partial charge >= 0.3 is 0 Å². The number of hydrogen-bond donors (Lipinski definition) is 2. The highest BCUT2D eigenvalue weighted by molar-refractivity contribution is 5.78. The molecule has 118 valence electrons. The van der Waals surface area contributed by atoms with Gasteiger partial charge in [-0.15, -0.1) is 0 Å². The Morgan fingerprint density at radius 1 is 1.22 bits per heavy atom. The summed E-state index contributed by atoms with van der Waals surface area (Å²) in [5.74, 6) is 0. The molecule has 5 heteroatoms. The number of aromatic nitrogens is 3. The van der Waals surface area contributed by atoms with Crippen LogP contribution >= 0.6 is 0 Å². The number of ether oxygens (including phenoxy) is 1. The first-order chi connectivity index (χ1) is 11.4. The number of aromatic amines is 1. The lowest BCUT2D eigenvalue weighted by molar-refractivity contribution is -0.0112. The van der Waals surface area contributed by atoms with Crippen LogP contribution in [-0.4, -0.2) is 27.8 Å². The molecule has 0 saturated carbocycles. The van der Waals surface area contributed by atoms with Crippen molar-refractivity contribution in [2.75, 3.05) is 6.61 Å². The molecule has 0 bridgehead atoms. The molecule has 2 aromatic heterocycles. The summed E-state index contributed by atoms with van der Waals surface area (Å²) in [6.45, 7) is 1.65. The normalized spacial score (nSPS) is 21.6. The Morgan fingerprint density at radius 3 is 3.04 bits per heavy atom. The van der Waals surface area contributed by atoms with Gasteiger partial charge in [-0.1, -0.05) is 12.1 Å². The minimum absolute atomic E-state index is 0.0997. The lowest BCUT2D eigenvalue weighted by Gasteiger charge is -2.32. The Hall–Kier alpha value is -2.24. The van der Waals surface area contributed by atoms with Crippen molar-refractivity contribution in [2.24, 2.45) is 0 Å². The second kappa shape index (κ2) is 6.48. The maximum absolute atomic E-state index is 6.02. The third-order valence-corrected chi connectivity index (χ3v) is 4.43. The van der Waals surface area contributed by atoms with Crippen molar-refractivity contribution >= 4 is 10.9 Å². The first-order valence-electron chi connectivity index (χ1n) is 8.07. The van der Waals surface area contributed by atoms with E-state index in [0.29, 0.717) is 6.04 Å². The van der Waals surface area contributed by atoms with E-state index in [9.17, 15) is 0 Å². The molecular formula is C18H20N4O. The van der Waals surface area contributed by atoms with Crippen LogP contribution < -0.4 is 5.32 Å². The zero-order valence-corrected chi connectivity index (χ0v) is 12.9. The van der Waals surface area contributed by atoms with Gasteiger partial charge < -0.3 is 10.1 Å². The minimum atomic E-state index is 0.0997. The number of pyridine rings is 1. The fraction of sp³-hybridized carbons (Fsp3) is 0.333. The molecule has 3 heterocycles. The van der Waals surface area contributed by atoms with E-state index < -0.39 is 0 Å². The van der Waals surface area contributed by atoms with Gasteiger partial charge in [-0.25, -0.2) is 0 Å². The summed E-state index contributed by atoms with van der Waals surface area (Å²) in [5, 5.41) is 11.9. The Kier molecular flexibility index (Phi) is 4.05. The number of H-pyrrole nitrogens is 1. The lowest BCUT2D eigenvalue weighted by atomic mass is 9.96. The van der Waals surface area contributed by atoms with Gasteiger partial charge in [-0.05, 0) is 42.2 Å². The second-order valence-electron chi connectivity index (χ2n) is 5.99. The van der Waals surface area contributed by atoms with Gasteiger partial charge in [0.05, 0.1) is 17.8 Å². The van der Waals surface area contributed by atoms with Crippen molar-refractivity contribution in [3.8, 4) is 0 Å². The Morgan fingerprint density at radius 2 is 2.13 bits per heavy atom. The number of benzene rings is 1. The summed E-state index contributed by atoms with van der Waals surface area (Å²) in [5.41, 5.74) is 3.52. The molecule has 1 aromatic carbocycles. The molecule has 0 spiro atoms. The molecule has 1 aliphatic heterocycles. The summed E-state index contributed by atoms with van der Waals surface area (Å²) in [7, 11) is 0. The fourth-order valence-corrected chi connectivity index (χ4v) is 3.21. The highest BCUT2D eigenvalue weighted by Gasteiger charge is 2.26. The molecule has 1 saturated heterocycles. The molecular weight excluding hydrogens is 288 g/mol. The number of fused-ring (bicyclic) bond motifs is 1. The summed E-state index contributed by atoms with van der Waals surface area (Å²) in [4.78, 5) is 4.10. The highest BCUT2D eigenvalue weighted by atomic mass is 16.5. The van der Waals surface area contributed by atoms with Crippen molar-refractivity contribution in [1.82, 2.24) is 20.5 Å². The zero-order chi connectivity index (χ0) is 15.5. The molecule has 0 radical (unpaired) electrons. The maximum atomic E-state index is 6.02. The molecule has 23 heavy (non-hydrogen) atoms. The van der Waals surface area contributed by atoms with Gasteiger partial charge in [0.1, 0.15) is 0 Å². The zero-order valence-electron chi connectivity index (χ0n) is 12.9. The van der Waals surface area contributed by atoms with Gasteiger partial charge in [-0.3, -0.25) is 10.1 Å². The summed E-state index contributed by atoms with van der Waals surface area (Å²) in [6.07, 6.45) is 7.83. The van der Waals surface area contributed by atoms with Crippen molar-refractivity contribution < 1.29 is 4.74 Å². The minimum Gasteiger partial charge on any atom is -0.372 e. The van der Waals surface area contributed by atoms with E-state index in [0.717, 1.165) is 36.9 Å². The van der Waals surface area contributed by atoms with Gasteiger partial charge in [-0.2, -0.15) is 5.10 Å². The summed E-state index contributed by atoms with van der Waals surface area (Å²) in [6, 6.07) is 10.8. The Labute approximate surface area is 135 Å². The van der Waals surface area contributed by atoms with Crippen molar-refractivity contribution in [1.29, 1.82) is 0 Å². The van der Waals surface area contributed by atoms with Crippen molar-refractivity contribution in [3.63, 3.8) is 0 Å². The van der Waals surface area contributed by atoms with Crippen LogP contribution in [0.3, 0.4) is 0 Å². The second-order valence-corrected chi connectivity index (χ2v) is 5.99. The predicted molar refractivity (Wildman–Crippen MR) is 88.9 cm³/mol. The van der Waals surface area contributed by atoms with Crippen LogP contribution in [0.25, 0.3) is 10.9 Å². The summed E-state index contributed by atoms with van der Waals surface area (Å²) < 4.78 is 6.02. The highest BCUT2D eigenvalue weighted by Crippen LogP contribution is 2.28. The number of nitrogens with one attached hydrogen (secondary N) is 2. The maximum Gasteiger partial charge on any atom is 0.0978 e. The van der Waals surface area contributed by atoms with Crippen LogP contribution in [0.5, 0.6) is 0 Å². The Balaban J connectivity index is 1.47. The summed E-state index contributed by atoms with van der Waals surface area (Å²) >= 11 is 0. The molecule has 0 amide bonds. The van der Waals surface area contributed by atoms with E-state index in [1.807, 2.05) is 30.7 Å². The lowest BCUT2D eigenvalue weighted by Crippen LogP contribution is -2.39. The van der Waals surface area contributed by atoms with E-state index in [-0.39, 0.29) is 6.10 Å². The average molecular weight is 308 g/mol. The van der Waals surface area contributed by atoms with Gasteiger partial charge in [0.2, 0.25) is 0 Å². The smallest absolute Gasteiger partial charge is 0.0978 e. The van der Waals surface area contributed by atoms with Gasteiger partial charge in [0.15, 0.2) is 0 Å². The standard InChI is InChI=1S/C18H20N4O/c1-2-16(18(23-9-1)14-5-7-19-8-6-14)20-11-13-3-4-15-12-21-22-17(15)10-13/h3-8,10,12,16,18,20H,1-2,9,11H2,(H,21,22)/t16-,18+/m0/s1. The van der Waals surface area contributed by atoms with E-state index in [1.54, 1.807) is 0 Å². The average Bonchev–Trinajstić information content (AvgIpc) is 3.09. The third-order valence-electron chi connectivity index (χ3n) is 4.43. The first-order valence-corrected chi connectivity index (χ1v) is 8.07. The SMILES string of the molecule is c1cc([C@H]2OCCC[C@@H]2NCc2ccc3cn[nH]c3c2)ccn1. The number of rotatable bonds is 4. The third kappa shape index (κ3) is 3.11. The van der Waals surface area contributed by atoms with Crippen LogP contribution in [0.4, 0.5) is 0 Å². The monoisotopic (exact) mass is 308 g/mol. The molecule has 0 aliphatic carbocycles. The fourth-order valence-electron chi connectivity index (χ4n) is 3.21. The van der Waals surface area contributed by atoms with Crippen LogP contribution in [-0.2, 0) is 11.3 Å². The molecule has 4 rings (SSSR count). The number of nitrogens with zero attached hydrogens (tertiary/aromatic N) is 2. The molecule has 2 atom stereocenters. The first kappa shape index (κ1) is 14.4. The van der Waals surface area contributed by atoms with Crippen molar-refractivity contribution in [2.45, 2.75) is 31.5 Å². The topological polar surface area (TPSA) is 62.8 Å². The molecule has 5 nitrogen and oxygen atoms in total. The quantitative estimate of drug-likeness (QED) is 0.778. The van der Waals surface area contributed by atoms with E-state index in [4.69, 9.17) is 4.74 Å². The van der Waals surface area contributed by atoms with Crippen LogP contribution in [0.15, 0.2) is 48.9 Å². The molecule has 3 aromatic rings. The van der Waals surface area contributed by atoms with Gasteiger partial charge in [0.25, 0.3) is 0 Å². The van der Waals surface area contributed by atoms with Crippen LogP contribution in [0.1, 0.15) is 30.1 Å². The predicted octanol–water partition coefficient (Wildman–Crippen LogP) is 2.97. The van der Waals surface area contributed by atoms with E-state index >= 15 is 0 Å². The van der Waals surface area contributed by atoms with Crippen LogP contribution in [0, 0.1) is 0 Å². The largest absolute Gasteiger partial charge is 0.372 e. The van der Waals surface area contributed by atoms with E-state index in [2.05, 4.69) is 38.7 Å². The molecule has 0 unspecified atom stereocenters.